The molecule has 2 unspecified atom stereocenters. The number of ether oxygens (including phenoxy) is 1. The van der Waals surface area contributed by atoms with Gasteiger partial charge in [0.1, 0.15) is 24.3 Å². The highest BCUT2D eigenvalue weighted by Gasteiger charge is 2.54. The van der Waals surface area contributed by atoms with Crippen molar-refractivity contribution in [3.8, 4) is 5.75 Å². The van der Waals surface area contributed by atoms with Gasteiger partial charge < -0.3 is 20.6 Å². The Bertz CT molecular complexity index is 1620. The topological polar surface area (TPSA) is 169 Å². The number of fused-ring (bicyclic) bond motifs is 1. The summed E-state index contributed by atoms with van der Waals surface area (Å²) in [5, 5.41) is 10.4. The van der Waals surface area contributed by atoms with Gasteiger partial charge in [-0.3, -0.25) is 14.6 Å². The number of rotatable bonds is 9. The van der Waals surface area contributed by atoms with Gasteiger partial charge in [0.25, 0.3) is 5.84 Å². The van der Waals surface area contributed by atoms with Crippen molar-refractivity contribution < 1.29 is 24.0 Å². The second-order valence-corrected chi connectivity index (χ2v) is 10.9. The van der Waals surface area contributed by atoms with E-state index >= 15 is 0 Å². The van der Waals surface area contributed by atoms with Crippen LogP contribution in [0.15, 0.2) is 101 Å². The average Bonchev–Trinajstić information content (AvgIpc) is 3.63. The maximum absolute atomic E-state index is 12.7. The van der Waals surface area contributed by atoms with E-state index in [-0.39, 0.29) is 23.4 Å². The predicted molar refractivity (Wildman–Crippen MR) is 155 cm³/mol. The Kier molecular flexibility index (Phi) is 7.05. The molecule has 1 saturated carbocycles. The van der Waals surface area contributed by atoms with E-state index in [1.165, 1.54) is 12.5 Å². The average molecular weight is 567 g/mol. The van der Waals surface area contributed by atoms with Crippen LogP contribution in [0.3, 0.4) is 0 Å². The van der Waals surface area contributed by atoms with E-state index in [1.54, 1.807) is 18.6 Å². The zero-order valence-corrected chi connectivity index (χ0v) is 22.9. The Morgan fingerprint density at radius 3 is 2.62 bits per heavy atom. The van der Waals surface area contributed by atoms with Crippen LogP contribution in [-0.2, 0) is 16.2 Å². The standard InChI is InChI=1S/C31H31N7O4/c32-28(39)26(24-16-35-19-36-24)31(30(40)41)11-9-21(10-12-31)27-25-17-34-13-14-38(25,33)29(37-27)22-7-4-8-23(15-22)42-18-20-5-2-1-3-6-20/h1-8,13-17,19,21,26H,9-12,18,33H2,(H3-,32,35,36,39,40,41)/p+1. The first-order valence-electron chi connectivity index (χ1n) is 13.8. The molecule has 1 amide bonds. The molecular formula is C31H32N7O4+. The molecule has 0 radical (unpaired) electrons. The third-order valence-corrected chi connectivity index (χ3v) is 8.51. The van der Waals surface area contributed by atoms with Gasteiger partial charge in [-0.15, -0.1) is 4.59 Å². The lowest BCUT2D eigenvalue weighted by Gasteiger charge is -2.40. The monoisotopic (exact) mass is 566 g/mol. The summed E-state index contributed by atoms with van der Waals surface area (Å²) in [6, 6.07) is 17.6. The normalized spacial score (nSPS) is 25.5. The summed E-state index contributed by atoms with van der Waals surface area (Å²) in [5.41, 5.74) is 8.08. The smallest absolute Gasteiger partial charge is 0.310 e. The molecule has 0 bridgehead atoms. The van der Waals surface area contributed by atoms with Crippen molar-refractivity contribution in [1.29, 1.82) is 0 Å². The molecule has 3 aromatic rings. The first-order valence-corrected chi connectivity index (χ1v) is 13.8. The first kappa shape index (κ1) is 27.3. The highest BCUT2D eigenvalue weighted by molar-refractivity contribution is 6.00. The fourth-order valence-corrected chi connectivity index (χ4v) is 6.34. The number of carboxylic acid groups (broad SMARTS) is 1. The van der Waals surface area contributed by atoms with Crippen LogP contribution in [0.2, 0.25) is 0 Å². The highest BCUT2D eigenvalue weighted by atomic mass is 16.5. The van der Waals surface area contributed by atoms with Crippen LogP contribution < -0.4 is 16.3 Å². The molecule has 6 rings (SSSR count). The summed E-state index contributed by atoms with van der Waals surface area (Å²) in [6.07, 6.45) is 9.53. The minimum Gasteiger partial charge on any atom is -0.489 e. The minimum atomic E-state index is -1.37. The number of aliphatic carboxylic acids is 1. The summed E-state index contributed by atoms with van der Waals surface area (Å²) in [7, 11) is 0. The first-order chi connectivity index (χ1) is 20.3. The molecule has 214 valence electrons. The number of amidine groups is 1. The molecule has 1 fully saturated rings. The van der Waals surface area contributed by atoms with Gasteiger partial charge >= 0.3 is 5.97 Å². The number of imidazole rings is 1. The molecule has 1 aliphatic carbocycles. The SMILES string of the molecule is NC(=O)C(c1c[nH]cn1)C1(C(=O)O)CCC(C2=C3C=NC=C[N+]3(N)C(c3cccc(OCc4ccccc4)c3)=N2)CC1. The molecule has 6 N–H and O–H groups in total. The molecule has 2 aromatic carbocycles. The highest BCUT2D eigenvalue weighted by Crippen LogP contribution is 2.51. The number of benzene rings is 2. The van der Waals surface area contributed by atoms with Crippen LogP contribution in [0.1, 0.15) is 48.4 Å². The zero-order valence-electron chi connectivity index (χ0n) is 22.9. The van der Waals surface area contributed by atoms with Crippen LogP contribution in [0, 0.1) is 11.3 Å². The van der Waals surface area contributed by atoms with E-state index < -0.39 is 23.2 Å². The molecule has 11 nitrogen and oxygen atoms in total. The van der Waals surface area contributed by atoms with E-state index in [4.69, 9.17) is 21.3 Å². The number of nitrogens with one attached hydrogen (secondary N) is 1. The number of carbonyl (C=O) groups excluding carboxylic acids is 1. The lowest BCUT2D eigenvalue weighted by molar-refractivity contribution is -0.750. The number of aliphatic imine (C=N–C) groups is 2. The lowest BCUT2D eigenvalue weighted by Crippen LogP contribution is -2.53. The number of hydrogen-bond acceptors (Lipinski definition) is 7. The van der Waals surface area contributed by atoms with Crippen molar-refractivity contribution in [1.82, 2.24) is 9.97 Å². The van der Waals surface area contributed by atoms with Gasteiger partial charge in [0, 0.05) is 12.1 Å². The van der Waals surface area contributed by atoms with Crippen LogP contribution in [0.4, 0.5) is 0 Å². The summed E-state index contributed by atoms with van der Waals surface area (Å²) < 4.78 is 5.91. The number of aromatic nitrogens is 2. The molecule has 2 aliphatic heterocycles. The van der Waals surface area contributed by atoms with Crippen molar-refractivity contribution in [2.45, 2.75) is 38.2 Å². The fourth-order valence-electron chi connectivity index (χ4n) is 6.34. The van der Waals surface area contributed by atoms with Gasteiger partial charge in [-0.05, 0) is 49.4 Å². The number of nitrogens with two attached hydrogens (primary N) is 2. The Hall–Kier alpha value is -4.87. The fraction of sp³-hybridized carbons (Fsp3) is 0.258. The number of H-pyrrole nitrogens is 1. The Morgan fingerprint density at radius 2 is 1.93 bits per heavy atom. The van der Waals surface area contributed by atoms with Crippen molar-refractivity contribution in [3.63, 3.8) is 0 Å². The zero-order chi connectivity index (χ0) is 29.3. The number of primary amides is 1. The molecule has 2 atom stereocenters. The molecular weight excluding hydrogens is 534 g/mol. The van der Waals surface area contributed by atoms with E-state index in [0.717, 1.165) is 22.5 Å². The number of aromatic amines is 1. The molecule has 42 heavy (non-hydrogen) atoms. The van der Waals surface area contributed by atoms with E-state index in [1.807, 2.05) is 54.6 Å². The number of carbonyl (C=O) groups is 2. The lowest BCUT2D eigenvalue weighted by atomic mass is 9.62. The molecule has 11 heteroatoms. The van der Waals surface area contributed by atoms with Crippen molar-refractivity contribution in [3.05, 3.63) is 108 Å². The Labute approximate surface area is 242 Å². The van der Waals surface area contributed by atoms with E-state index in [9.17, 15) is 14.7 Å². The molecule has 3 heterocycles. The van der Waals surface area contributed by atoms with Crippen molar-refractivity contribution in [2.75, 3.05) is 0 Å². The third kappa shape index (κ3) is 4.72. The van der Waals surface area contributed by atoms with Gasteiger partial charge in [-0.2, -0.15) is 10.8 Å². The van der Waals surface area contributed by atoms with E-state index in [0.29, 0.717) is 36.7 Å². The van der Waals surface area contributed by atoms with Crippen LogP contribution in [-0.4, -0.2) is 43.6 Å². The molecule has 3 aliphatic rings. The number of hydrogen-bond donors (Lipinski definition) is 4. The van der Waals surface area contributed by atoms with Crippen LogP contribution in [0.25, 0.3) is 0 Å². The third-order valence-electron chi connectivity index (χ3n) is 8.51. The Balaban J connectivity index is 1.28. The quantitative estimate of drug-likeness (QED) is 0.227. The minimum absolute atomic E-state index is 0.0887. The second-order valence-electron chi connectivity index (χ2n) is 10.9. The number of carboxylic acids is 1. The van der Waals surface area contributed by atoms with Gasteiger partial charge in [0.2, 0.25) is 11.6 Å². The van der Waals surface area contributed by atoms with Crippen LogP contribution in [0.5, 0.6) is 5.75 Å². The summed E-state index contributed by atoms with van der Waals surface area (Å²) in [4.78, 5) is 41.6. The van der Waals surface area contributed by atoms with Crippen molar-refractivity contribution >= 4 is 23.9 Å². The second kappa shape index (κ2) is 10.8. The summed E-state index contributed by atoms with van der Waals surface area (Å²) >= 11 is 0. The molecule has 1 aromatic heterocycles. The predicted octanol–water partition coefficient (Wildman–Crippen LogP) is 3.74. The largest absolute Gasteiger partial charge is 0.489 e. The maximum atomic E-state index is 12.7. The number of quaternary nitrogens is 1. The van der Waals surface area contributed by atoms with Crippen LogP contribution >= 0.6 is 0 Å². The molecule has 0 saturated heterocycles. The number of nitrogens with zero attached hydrogens (tertiary/aromatic N) is 4. The van der Waals surface area contributed by atoms with E-state index in [2.05, 4.69) is 15.0 Å². The van der Waals surface area contributed by atoms with Crippen molar-refractivity contribution in [2.24, 2.45) is 32.9 Å². The van der Waals surface area contributed by atoms with Gasteiger partial charge in [-0.1, -0.05) is 36.4 Å². The maximum Gasteiger partial charge on any atom is 0.310 e. The van der Waals surface area contributed by atoms with Gasteiger partial charge in [-0.25, -0.2) is 4.98 Å². The summed E-state index contributed by atoms with van der Waals surface area (Å²) in [5.74, 6) is 5.38. The van der Waals surface area contributed by atoms with Gasteiger partial charge in [0.05, 0.1) is 41.3 Å². The van der Waals surface area contributed by atoms with Gasteiger partial charge in [0.15, 0.2) is 0 Å². The number of allylic oxidation sites excluding steroid dienone is 2. The Morgan fingerprint density at radius 1 is 1.14 bits per heavy atom. The summed E-state index contributed by atoms with van der Waals surface area (Å²) in [6.45, 7) is 0.429. The number of amides is 1. The molecule has 0 spiro atoms.